The molecule has 0 radical (unpaired) electrons. The summed E-state index contributed by atoms with van der Waals surface area (Å²) in [5.41, 5.74) is -0.837. The summed E-state index contributed by atoms with van der Waals surface area (Å²) < 4.78 is 61.1. The minimum absolute atomic E-state index is 0.339. The number of hydrogen-bond donors (Lipinski definition) is 1. The zero-order valence-corrected chi connectivity index (χ0v) is 11.1. The van der Waals surface area contributed by atoms with Crippen LogP contribution in [0.2, 0.25) is 0 Å². The first kappa shape index (κ1) is 15.0. The highest BCUT2D eigenvalue weighted by Crippen LogP contribution is 2.23. The van der Waals surface area contributed by atoms with E-state index in [1.807, 2.05) is 0 Å². The lowest BCUT2D eigenvalue weighted by molar-refractivity contribution is 0.102. The molecule has 0 aliphatic heterocycles. The van der Waals surface area contributed by atoms with E-state index in [-0.39, 0.29) is 5.69 Å². The Morgan fingerprint density at radius 1 is 1.05 bits per heavy atom. The fourth-order valence-electron chi connectivity index (χ4n) is 1.65. The molecule has 0 aliphatic carbocycles. The van der Waals surface area contributed by atoms with Crippen LogP contribution in [0.5, 0.6) is 0 Å². The third-order valence-corrected chi connectivity index (χ3v) is 3.46. The Labute approximate surface area is 118 Å². The third kappa shape index (κ3) is 3.40. The van der Waals surface area contributed by atoms with Crippen LogP contribution in [0.4, 0.5) is 18.4 Å². The van der Waals surface area contributed by atoms with Crippen molar-refractivity contribution >= 4 is 21.8 Å². The lowest BCUT2D eigenvalue weighted by Gasteiger charge is -2.08. The molecule has 1 N–H and O–H groups in total. The van der Waals surface area contributed by atoms with Crippen LogP contribution in [0.3, 0.4) is 0 Å². The molecule has 0 atom stereocenters. The molecule has 2 aromatic carbocycles. The van der Waals surface area contributed by atoms with Crippen molar-refractivity contribution in [1.29, 1.82) is 0 Å². The first-order chi connectivity index (χ1) is 9.79. The molecule has 4 nitrogen and oxygen atoms in total. The van der Waals surface area contributed by atoms with Gasteiger partial charge in [-0.25, -0.2) is 8.78 Å². The molecule has 2 aromatic rings. The van der Waals surface area contributed by atoms with E-state index in [2.05, 4.69) is 5.32 Å². The predicted molar refractivity (Wildman–Crippen MR) is 69.0 cm³/mol. The molecule has 0 fully saturated rings. The van der Waals surface area contributed by atoms with E-state index < -0.39 is 38.2 Å². The van der Waals surface area contributed by atoms with Crippen molar-refractivity contribution in [2.45, 2.75) is 4.90 Å². The SMILES string of the molecule is O=C(Nc1ccccc1S(=O)(=O)F)c1ccc(F)cc1F. The zero-order chi connectivity index (χ0) is 15.6. The van der Waals surface area contributed by atoms with E-state index in [9.17, 15) is 25.9 Å². The summed E-state index contributed by atoms with van der Waals surface area (Å²) in [5, 5.41) is 2.07. The van der Waals surface area contributed by atoms with Gasteiger partial charge in [-0.05, 0) is 24.3 Å². The molecule has 110 valence electrons. The fraction of sp³-hybridized carbons (Fsp3) is 0. The molecule has 8 heteroatoms. The molecule has 0 saturated carbocycles. The molecular weight excluding hydrogens is 307 g/mol. The summed E-state index contributed by atoms with van der Waals surface area (Å²) in [7, 11) is -5.05. The van der Waals surface area contributed by atoms with Crippen molar-refractivity contribution in [3.05, 3.63) is 59.7 Å². The van der Waals surface area contributed by atoms with Gasteiger partial charge in [0.05, 0.1) is 11.3 Å². The number of anilines is 1. The quantitative estimate of drug-likeness (QED) is 0.886. The highest BCUT2D eigenvalue weighted by atomic mass is 32.3. The molecule has 0 saturated heterocycles. The van der Waals surface area contributed by atoms with Gasteiger partial charge >= 0.3 is 10.2 Å². The Morgan fingerprint density at radius 2 is 1.71 bits per heavy atom. The summed E-state index contributed by atoms with van der Waals surface area (Å²) in [6.45, 7) is 0. The summed E-state index contributed by atoms with van der Waals surface area (Å²) in [4.78, 5) is 11.1. The van der Waals surface area contributed by atoms with Crippen molar-refractivity contribution in [2.75, 3.05) is 5.32 Å². The minimum atomic E-state index is -5.05. The van der Waals surface area contributed by atoms with Gasteiger partial charge in [0.1, 0.15) is 16.5 Å². The van der Waals surface area contributed by atoms with Gasteiger partial charge in [-0.1, -0.05) is 12.1 Å². The molecule has 0 unspecified atom stereocenters. The van der Waals surface area contributed by atoms with Gasteiger partial charge in [-0.2, -0.15) is 8.42 Å². The number of halogens is 3. The number of para-hydroxylation sites is 1. The molecule has 0 bridgehead atoms. The third-order valence-electron chi connectivity index (χ3n) is 2.57. The van der Waals surface area contributed by atoms with Crippen LogP contribution >= 0.6 is 0 Å². The lowest BCUT2D eigenvalue weighted by atomic mass is 10.2. The average molecular weight is 315 g/mol. The van der Waals surface area contributed by atoms with Crippen LogP contribution in [0.25, 0.3) is 0 Å². The van der Waals surface area contributed by atoms with Crippen molar-refractivity contribution in [3.63, 3.8) is 0 Å². The smallest absolute Gasteiger partial charge is 0.321 e. The number of carbonyl (C=O) groups excluding carboxylic acids is 1. The van der Waals surface area contributed by atoms with Crippen molar-refractivity contribution in [3.8, 4) is 0 Å². The predicted octanol–water partition coefficient (Wildman–Crippen LogP) is 2.88. The van der Waals surface area contributed by atoms with E-state index in [1.165, 1.54) is 12.1 Å². The van der Waals surface area contributed by atoms with Gasteiger partial charge in [0.2, 0.25) is 0 Å². The van der Waals surface area contributed by atoms with Crippen LogP contribution in [0, 0.1) is 11.6 Å². The summed E-state index contributed by atoms with van der Waals surface area (Å²) in [6, 6.07) is 7.00. The Hall–Kier alpha value is -2.35. The summed E-state index contributed by atoms with van der Waals surface area (Å²) >= 11 is 0. The van der Waals surface area contributed by atoms with Crippen LogP contribution in [-0.4, -0.2) is 14.3 Å². The highest BCUT2D eigenvalue weighted by Gasteiger charge is 2.20. The molecule has 2 rings (SSSR count). The normalized spacial score (nSPS) is 11.2. The number of hydrogen-bond acceptors (Lipinski definition) is 3. The van der Waals surface area contributed by atoms with Crippen molar-refractivity contribution < 1.29 is 25.9 Å². The van der Waals surface area contributed by atoms with Gasteiger partial charge in [-0.3, -0.25) is 4.79 Å². The second kappa shape index (κ2) is 5.57. The van der Waals surface area contributed by atoms with E-state index in [0.29, 0.717) is 6.07 Å². The van der Waals surface area contributed by atoms with E-state index in [0.717, 1.165) is 24.3 Å². The standard InChI is InChI=1S/C13H8F3NO3S/c14-8-5-6-9(10(15)7-8)13(18)17-11-3-1-2-4-12(11)21(16,19)20/h1-7H,(H,17,18). The van der Waals surface area contributed by atoms with Crippen molar-refractivity contribution in [2.24, 2.45) is 0 Å². The first-order valence-electron chi connectivity index (χ1n) is 5.59. The fourth-order valence-corrected chi connectivity index (χ4v) is 2.27. The number of rotatable bonds is 3. The number of nitrogens with one attached hydrogen (secondary N) is 1. The summed E-state index contributed by atoms with van der Waals surface area (Å²) in [6.07, 6.45) is 0. The topological polar surface area (TPSA) is 63.2 Å². The monoisotopic (exact) mass is 315 g/mol. The van der Waals surface area contributed by atoms with Gasteiger partial charge in [0, 0.05) is 6.07 Å². The number of amides is 1. The Balaban J connectivity index is 2.37. The van der Waals surface area contributed by atoms with E-state index in [4.69, 9.17) is 0 Å². The van der Waals surface area contributed by atoms with Gasteiger partial charge in [0.25, 0.3) is 5.91 Å². The van der Waals surface area contributed by atoms with E-state index >= 15 is 0 Å². The maximum absolute atomic E-state index is 13.4. The lowest BCUT2D eigenvalue weighted by Crippen LogP contribution is -2.15. The molecule has 0 heterocycles. The number of carbonyl (C=O) groups is 1. The molecule has 21 heavy (non-hydrogen) atoms. The Bertz CT molecular complexity index is 806. The molecular formula is C13H8F3NO3S. The summed E-state index contributed by atoms with van der Waals surface area (Å²) in [5.74, 6) is -3.01. The maximum Gasteiger partial charge on any atom is 0.334 e. The maximum atomic E-state index is 13.4. The largest absolute Gasteiger partial charge is 0.334 e. The number of benzene rings is 2. The average Bonchev–Trinajstić information content (AvgIpc) is 2.37. The molecule has 1 amide bonds. The van der Waals surface area contributed by atoms with Crippen LogP contribution in [0.15, 0.2) is 47.4 Å². The van der Waals surface area contributed by atoms with Crippen LogP contribution in [-0.2, 0) is 10.2 Å². The van der Waals surface area contributed by atoms with Crippen LogP contribution < -0.4 is 5.32 Å². The van der Waals surface area contributed by atoms with E-state index in [1.54, 1.807) is 0 Å². The second-order valence-electron chi connectivity index (χ2n) is 4.01. The Morgan fingerprint density at radius 3 is 2.33 bits per heavy atom. The van der Waals surface area contributed by atoms with Crippen molar-refractivity contribution in [1.82, 2.24) is 0 Å². The molecule has 0 aliphatic rings. The first-order valence-corrected chi connectivity index (χ1v) is 6.97. The van der Waals surface area contributed by atoms with Crippen LogP contribution in [0.1, 0.15) is 10.4 Å². The van der Waals surface area contributed by atoms with Gasteiger partial charge in [-0.15, -0.1) is 3.89 Å². The highest BCUT2D eigenvalue weighted by molar-refractivity contribution is 7.86. The van der Waals surface area contributed by atoms with Gasteiger partial charge in [0.15, 0.2) is 0 Å². The second-order valence-corrected chi connectivity index (χ2v) is 5.33. The molecule has 0 spiro atoms. The zero-order valence-electron chi connectivity index (χ0n) is 10.3. The van der Waals surface area contributed by atoms with Gasteiger partial charge < -0.3 is 5.32 Å². The minimum Gasteiger partial charge on any atom is -0.321 e. The molecule has 0 aromatic heterocycles. The Kier molecular flexibility index (Phi) is 3.99.